The molecule has 5 rings (SSSR count). The van der Waals surface area contributed by atoms with E-state index in [1.807, 2.05) is 47.6 Å². The van der Waals surface area contributed by atoms with Crippen LogP contribution in [-0.4, -0.2) is 41.8 Å². The lowest BCUT2D eigenvalue weighted by atomic mass is 9.97. The average Bonchev–Trinajstić information content (AvgIpc) is 3.43. The molecule has 3 aromatic heterocycles. The minimum absolute atomic E-state index is 0.0556. The van der Waals surface area contributed by atoms with Gasteiger partial charge in [-0.05, 0) is 38.3 Å². The number of carbonyl (C=O) groups excluding carboxylic acids is 1. The van der Waals surface area contributed by atoms with Crippen molar-refractivity contribution in [2.45, 2.75) is 45.3 Å². The van der Waals surface area contributed by atoms with Crippen molar-refractivity contribution in [1.82, 2.24) is 24.3 Å². The maximum atomic E-state index is 12.2. The molecular weight excluding hydrogens is 378 g/mol. The molecule has 0 bridgehead atoms. The van der Waals surface area contributed by atoms with Crippen molar-refractivity contribution in [3.8, 4) is 11.3 Å². The molecule has 4 heterocycles. The first kappa shape index (κ1) is 18.8. The summed E-state index contributed by atoms with van der Waals surface area (Å²) in [6, 6.07) is 9.77. The number of benzene rings is 1. The number of hydrogen-bond donors (Lipinski definition) is 2. The first-order valence-corrected chi connectivity index (χ1v) is 10.3. The number of aromatic amines is 1. The standard InChI is InChI=1S/C23H25N5O2/c1-14(29)27-12-4-5-18(27)22-26-20(15-6-8-16(9-7-15)23(2,3)30)19-13-25-21-17(28(19)22)10-11-24-21/h6-11,13,18,24,30H,4-5,12H2,1-3H3. The molecule has 1 unspecified atom stereocenters. The van der Waals surface area contributed by atoms with Gasteiger partial charge in [-0.2, -0.15) is 0 Å². The predicted octanol–water partition coefficient (Wildman–Crippen LogP) is 3.79. The summed E-state index contributed by atoms with van der Waals surface area (Å²) in [6.45, 7) is 5.92. The number of hydrogen-bond acceptors (Lipinski definition) is 4. The largest absolute Gasteiger partial charge is 0.386 e. The number of aromatic nitrogens is 4. The van der Waals surface area contributed by atoms with Crippen molar-refractivity contribution in [3.63, 3.8) is 0 Å². The Morgan fingerprint density at radius 3 is 2.67 bits per heavy atom. The van der Waals surface area contributed by atoms with Gasteiger partial charge in [0.25, 0.3) is 0 Å². The fourth-order valence-electron chi connectivity index (χ4n) is 4.47. The lowest BCUT2D eigenvalue weighted by Crippen LogP contribution is -2.29. The van der Waals surface area contributed by atoms with Crippen LogP contribution < -0.4 is 0 Å². The summed E-state index contributed by atoms with van der Waals surface area (Å²) < 4.78 is 2.13. The van der Waals surface area contributed by atoms with E-state index in [2.05, 4.69) is 14.4 Å². The van der Waals surface area contributed by atoms with Crippen LogP contribution in [0.15, 0.2) is 42.7 Å². The minimum Gasteiger partial charge on any atom is -0.386 e. The first-order chi connectivity index (χ1) is 14.3. The van der Waals surface area contributed by atoms with Crippen LogP contribution in [-0.2, 0) is 10.4 Å². The third kappa shape index (κ3) is 2.89. The van der Waals surface area contributed by atoms with Crippen molar-refractivity contribution >= 4 is 22.6 Å². The van der Waals surface area contributed by atoms with Crippen LogP contribution in [0.4, 0.5) is 0 Å². The highest BCUT2D eigenvalue weighted by atomic mass is 16.3. The number of H-pyrrole nitrogens is 1. The Balaban J connectivity index is 1.73. The number of likely N-dealkylation sites (tertiary alicyclic amines) is 1. The van der Waals surface area contributed by atoms with Gasteiger partial charge in [0.05, 0.1) is 34.6 Å². The second kappa shape index (κ2) is 6.67. The second-order valence-corrected chi connectivity index (χ2v) is 8.52. The number of fused-ring (bicyclic) bond motifs is 3. The highest BCUT2D eigenvalue weighted by Crippen LogP contribution is 2.36. The Morgan fingerprint density at radius 1 is 1.20 bits per heavy atom. The molecule has 1 aliphatic heterocycles. The van der Waals surface area contributed by atoms with Crippen molar-refractivity contribution in [3.05, 3.63) is 54.1 Å². The summed E-state index contributed by atoms with van der Waals surface area (Å²) >= 11 is 0. The molecule has 2 N–H and O–H groups in total. The Morgan fingerprint density at radius 2 is 1.97 bits per heavy atom. The van der Waals surface area contributed by atoms with Gasteiger partial charge in [0.1, 0.15) is 5.82 Å². The maximum absolute atomic E-state index is 12.2. The van der Waals surface area contributed by atoms with Gasteiger partial charge < -0.3 is 15.0 Å². The zero-order chi connectivity index (χ0) is 21.0. The zero-order valence-corrected chi connectivity index (χ0v) is 17.4. The van der Waals surface area contributed by atoms with Gasteiger partial charge >= 0.3 is 0 Å². The topological polar surface area (TPSA) is 86.5 Å². The zero-order valence-electron chi connectivity index (χ0n) is 17.4. The van der Waals surface area contributed by atoms with Gasteiger partial charge in [-0.25, -0.2) is 9.97 Å². The van der Waals surface area contributed by atoms with Gasteiger partial charge in [0.15, 0.2) is 5.65 Å². The molecule has 7 nitrogen and oxygen atoms in total. The van der Waals surface area contributed by atoms with E-state index < -0.39 is 5.60 Å². The molecule has 1 amide bonds. The molecule has 154 valence electrons. The Hall–Kier alpha value is -3.19. The van der Waals surface area contributed by atoms with Crippen molar-refractivity contribution in [1.29, 1.82) is 0 Å². The van der Waals surface area contributed by atoms with E-state index in [-0.39, 0.29) is 11.9 Å². The van der Waals surface area contributed by atoms with Crippen LogP contribution in [0.2, 0.25) is 0 Å². The van der Waals surface area contributed by atoms with E-state index in [1.165, 1.54) is 0 Å². The van der Waals surface area contributed by atoms with E-state index >= 15 is 0 Å². The smallest absolute Gasteiger partial charge is 0.220 e. The molecule has 1 saturated heterocycles. The van der Waals surface area contributed by atoms with E-state index in [4.69, 9.17) is 4.98 Å². The minimum atomic E-state index is -0.898. The number of nitrogens with one attached hydrogen (secondary N) is 1. The molecule has 0 aliphatic carbocycles. The molecule has 0 saturated carbocycles. The van der Waals surface area contributed by atoms with Gasteiger partial charge in [0.2, 0.25) is 5.91 Å². The lowest BCUT2D eigenvalue weighted by Gasteiger charge is -2.22. The maximum Gasteiger partial charge on any atom is 0.220 e. The van der Waals surface area contributed by atoms with Crippen molar-refractivity contribution < 1.29 is 9.90 Å². The molecule has 4 aromatic rings. The van der Waals surface area contributed by atoms with Gasteiger partial charge in [-0.15, -0.1) is 0 Å². The van der Waals surface area contributed by atoms with Gasteiger partial charge in [0, 0.05) is 25.2 Å². The van der Waals surface area contributed by atoms with Crippen LogP contribution in [0.1, 0.15) is 51.0 Å². The molecular formula is C23H25N5O2. The van der Waals surface area contributed by atoms with Crippen LogP contribution in [0.3, 0.4) is 0 Å². The molecule has 1 fully saturated rings. The Bertz CT molecular complexity index is 1250. The van der Waals surface area contributed by atoms with Crippen molar-refractivity contribution in [2.24, 2.45) is 0 Å². The van der Waals surface area contributed by atoms with Crippen LogP contribution in [0.5, 0.6) is 0 Å². The Labute approximate surface area is 174 Å². The quantitative estimate of drug-likeness (QED) is 0.545. The first-order valence-electron chi connectivity index (χ1n) is 10.3. The van der Waals surface area contributed by atoms with Crippen LogP contribution in [0, 0.1) is 0 Å². The van der Waals surface area contributed by atoms with Crippen LogP contribution in [0.25, 0.3) is 27.9 Å². The average molecular weight is 403 g/mol. The van der Waals surface area contributed by atoms with E-state index in [0.29, 0.717) is 0 Å². The molecule has 30 heavy (non-hydrogen) atoms. The summed E-state index contributed by atoms with van der Waals surface area (Å²) in [4.78, 5) is 26.9. The highest BCUT2D eigenvalue weighted by molar-refractivity contribution is 5.84. The van der Waals surface area contributed by atoms with E-state index in [1.54, 1.807) is 20.8 Å². The van der Waals surface area contributed by atoms with Crippen molar-refractivity contribution in [2.75, 3.05) is 6.54 Å². The third-order valence-electron chi connectivity index (χ3n) is 6.02. The summed E-state index contributed by atoms with van der Waals surface area (Å²) in [5, 5.41) is 10.3. The molecule has 7 heteroatoms. The predicted molar refractivity (Wildman–Crippen MR) is 115 cm³/mol. The summed E-state index contributed by atoms with van der Waals surface area (Å²) in [7, 11) is 0. The summed E-state index contributed by atoms with van der Waals surface area (Å²) in [6.07, 6.45) is 5.57. The molecule has 1 atom stereocenters. The number of amides is 1. The number of aliphatic hydroxyl groups is 1. The fraction of sp³-hybridized carbons (Fsp3) is 0.348. The fourth-order valence-corrected chi connectivity index (χ4v) is 4.47. The molecule has 0 spiro atoms. The van der Waals surface area contributed by atoms with Gasteiger partial charge in [-0.3, -0.25) is 9.20 Å². The highest BCUT2D eigenvalue weighted by Gasteiger charge is 2.32. The summed E-state index contributed by atoms with van der Waals surface area (Å²) in [5.41, 5.74) is 4.38. The number of carbonyl (C=O) groups is 1. The van der Waals surface area contributed by atoms with Crippen LogP contribution >= 0.6 is 0 Å². The Kier molecular flexibility index (Phi) is 4.18. The normalized spacial score (nSPS) is 17.3. The monoisotopic (exact) mass is 403 g/mol. The number of rotatable bonds is 3. The van der Waals surface area contributed by atoms with E-state index in [9.17, 15) is 9.90 Å². The third-order valence-corrected chi connectivity index (χ3v) is 6.02. The van der Waals surface area contributed by atoms with E-state index in [0.717, 1.165) is 58.7 Å². The lowest BCUT2D eigenvalue weighted by molar-refractivity contribution is -0.129. The van der Waals surface area contributed by atoms with Gasteiger partial charge in [-0.1, -0.05) is 24.3 Å². The molecule has 1 aliphatic rings. The second-order valence-electron chi connectivity index (χ2n) is 8.52. The number of imidazole rings is 1. The number of nitrogens with zero attached hydrogens (tertiary/aromatic N) is 4. The SMILES string of the molecule is CC(=O)N1CCCC1c1nc(-c2ccc(C(C)(C)O)cc2)c2cnc3[nH]ccc3n12. The molecule has 1 aromatic carbocycles. The summed E-state index contributed by atoms with van der Waals surface area (Å²) in [5.74, 6) is 0.941. The molecule has 0 radical (unpaired) electrons.